The molecule has 144 valence electrons. The topological polar surface area (TPSA) is 85.2 Å². The predicted molar refractivity (Wildman–Crippen MR) is 105 cm³/mol. The van der Waals surface area contributed by atoms with Crippen LogP contribution >= 0.6 is 0 Å². The molecule has 0 spiro atoms. The van der Waals surface area contributed by atoms with Gasteiger partial charge in [0.05, 0.1) is 19.8 Å². The van der Waals surface area contributed by atoms with Gasteiger partial charge < -0.3 is 24.4 Å². The molecule has 0 aliphatic carbocycles. The van der Waals surface area contributed by atoms with Crippen LogP contribution < -0.4 is 14.2 Å². The molecule has 0 saturated heterocycles. The van der Waals surface area contributed by atoms with E-state index in [1.54, 1.807) is 42.5 Å². The van der Waals surface area contributed by atoms with E-state index in [2.05, 4.69) is 0 Å². The molecule has 0 heterocycles. The molecule has 3 aromatic carbocycles. The lowest BCUT2D eigenvalue weighted by atomic mass is 9.96. The Morgan fingerprint density at radius 1 is 0.786 bits per heavy atom. The molecule has 28 heavy (non-hydrogen) atoms. The molecule has 3 aromatic rings. The first-order chi connectivity index (χ1) is 13.4. The van der Waals surface area contributed by atoms with E-state index in [1.165, 1.54) is 33.3 Å². The lowest BCUT2D eigenvalue weighted by Crippen LogP contribution is -2.06. The Bertz CT molecular complexity index is 991. The number of benzene rings is 3. The van der Waals surface area contributed by atoms with Crippen LogP contribution in [0, 0.1) is 0 Å². The van der Waals surface area contributed by atoms with Crippen molar-refractivity contribution >= 4 is 5.97 Å². The summed E-state index contributed by atoms with van der Waals surface area (Å²) in [7, 11) is 3.00. The van der Waals surface area contributed by atoms with Gasteiger partial charge in [-0.2, -0.15) is 0 Å². The van der Waals surface area contributed by atoms with Crippen LogP contribution in [0.25, 0.3) is 22.3 Å². The molecule has 0 radical (unpaired) electrons. The van der Waals surface area contributed by atoms with Gasteiger partial charge in [0.25, 0.3) is 0 Å². The summed E-state index contributed by atoms with van der Waals surface area (Å²) in [6, 6.07) is 14.8. The first-order valence-corrected chi connectivity index (χ1v) is 8.50. The van der Waals surface area contributed by atoms with E-state index in [-0.39, 0.29) is 17.2 Å². The highest BCUT2D eigenvalue weighted by Gasteiger charge is 2.24. The second-order valence-corrected chi connectivity index (χ2v) is 6.05. The minimum absolute atomic E-state index is 0.115. The molecule has 2 N–H and O–H groups in total. The van der Waals surface area contributed by atoms with E-state index in [1.807, 2.05) is 0 Å². The Morgan fingerprint density at radius 2 is 1.32 bits per heavy atom. The van der Waals surface area contributed by atoms with Gasteiger partial charge in [-0.05, 0) is 41.5 Å². The first kappa shape index (κ1) is 19.1. The van der Waals surface area contributed by atoms with Gasteiger partial charge in [0.15, 0.2) is 11.5 Å². The van der Waals surface area contributed by atoms with E-state index >= 15 is 0 Å². The highest BCUT2D eigenvalue weighted by atomic mass is 16.6. The number of hydrogen-bond donors (Lipinski definition) is 2. The number of aromatic hydroxyl groups is 2. The number of rotatable bonds is 5. The lowest BCUT2D eigenvalue weighted by molar-refractivity contribution is -0.131. The molecular formula is C22H20O6. The molecule has 0 unspecified atom stereocenters. The summed E-state index contributed by atoms with van der Waals surface area (Å²) in [6.45, 7) is 1.31. The van der Waals surface area contributed by atoms with Crippen LogP contribution in [0.1, 0.15) is 6.92 Å². The SMILES string of the molecule is COc1cc(-c2ccc(O)cc2)c(OC)c(OC(C)=O)c1-c1ccc(O)cc1. The fourth-order valence-corrected chi connectivity index (χ4v) is 2.98. The molecule has 3 rings (SSSR count). The Balaban J connectivity index is 2.34. The maximum atomic E-state index is 11.8. The average Bonchev–Trinajstić information content (AvgIpc) is 2.68. The van der Waals surface area contributed by atoms with Gasteiger partial charge in [-0.15, -0.1) is 0 Å². The lowest BCUT2D eigenvalue weighted by Gasteiger charge is -2.20. The van der Waals surface area contributed by atoms with Crippen molar-refractivity contribution in [3.63, 3.8) is 0 Å². The van der Waals surface area contributed by atoms with Gasteiger partial charge in [-0.1, -0.05) is 24.3 Å². The fraction of sp³-hybridized carbons (Fsp3) is 0.136. The van der Waals surface area contributed by atoms with Crippen molar-refractivity contribution in [2.24, 2.45) is 0 Å². The number of phenolic OH excluding ortho intramolecular Hbond substituents is 2. The molecule has 6 heteroatoms. The third-order valence-electron chi connectivity index (χ3n) is 4.20. The van der Waals surface area contributed by atoms with Crippen LogP contribution in [-0.4, -0.2) is 30.4 Å². The quantitative estimate of drug-likeness (QED) is 0.505. The van der Waals surface area contributed by atoms with Crippen molar-refractivity contribution < 1.29 is 29.2 Å². The zero-order valence-electron chi connectivity index (χ0n) is 15.7. The van der Waals surface area contributed by atoms with Crippen LogP contribution in [-0.2, 0) is 4.79 Å². The van der Waals surface area contributed by atoms with Crippen LogP contribution in [0.5, 0.6) is 28.7 Å². The smallest absolute Gasteiger partial charge is 0.308 e. The highest BCUT2D eigenvalue weighted by molar-refractivity contribution is 5.90. The molecule has 0 amide bonds. The van der Waals surface area contributed by atoms with Crippen LogP contribution in [0.3, 0.4) is 0 Å². The van der Waals surface area contributed by atoms with Gasteiger partial charge in [0.2, 0.25) is 0 Å². The molecule has 0 aromatic heterocycles. The third kappa shape index (κ3) is 3.71. The van der Waals surface area contributed by atoms with Crippen molar-refractivity contribution in [1.29, 1.82) is 0 Å². The molecule has 0 fully saturated rings. The molecule has 0 bridgehead atoms. The molecule has 0 aliphatic rings. The summed E-state index contributed by atoms with van der Waals surface area (Å²) in [6.07, 6.45) is 0. The number of methoxy groups -OCH3 is 2. The molecule has 0 atom stereocenters. The van der Waals surface area contributed by atoms with Gasteiger partial charge in [0, 0.05) is 12.5 Å². The maximum Gasteiger partial charge on any atom is 0.308 e. The maximum absolute atomic E-state index is 11.8. The van der Waals surface area contributed by atoms with E-state index in [9.17, 15) is 15.0 Å². The number of hydrogen-bond acceptors (Lipinski definition) is 6. The standard InChI is InChI=1S/C22H20O6/c1-13(23)28-22-20(15-6-10-17(25)11-7-15)19(26-2)12-18(21(22)27-3)14-4-8-16(24)9-5-14/h4-12,24-25H,1-3H3. The van der Waals surface area contributed by atoms with Crippen LogP contribution in [0.15, 0.2) is 54.6 Å². The molecular weight excluding hydrogens is 360 g/mol. The summed E-state index contributed by atoms with van der Waals surface area (Å²) in [5, 5.41) is 19.2. The van der Waals surface area contributed by atoms with E-state index in [0.29, 0.717) is 28.2 Å². The predicted octanol–water partition coefficient (Wildman–Crippen LogP) is 4.37. The zero-order chi connectivity index (χ0) is 20.3. The van der Waals surface area contributed by atoms with E-state index in [0.717, 1.165) is 5.56 Å². The van der Waals surface area contributed by atoms with Crippen molar-refractivity contribution in [3.8, 4) is 51.0 Å². The van der Waals surface area contributed by atoms with E-state index < -0.39 is 5.97 Å². The summed E-state index contributed by atoms with van der Waals surface area (Å²) in [4.78, 5) is 11.8. The highest BCUT2D eigenvalue weighted by Crippen LogP contribution is 2.50. The summed E-state index contributed by atoms with van der Waals surface area (Å²) >= 11 is 0. The molecule has 6 nitrogen and oxygen atoms in total. The Labute approximate surface area is 162 Å². The first-order valence-electron chi connectivity index (χ1n) is 8.50. The summed E-state index contributed by atoms with van der Waals surface area (Å²) in [5.41, 5.74) is 2.59. The number of esters is 1. The minimum Gasteiger partial charge on any atom is -0.508 e. The van der Waals surface area contributed by atoms with Crippen molar-refractivity contribution in [1.82, 2.24) is 0 Å². The normalized spacial score (nSPS) is 10.4. The van der Waals surface area contributed by atoms with Crippen molar-refractivity contribution in [2.45, 2.75) is 6.92 Å². The fourth-order valence-electron chi connectivity index (χ4n) is 2.98. The van der Waals surface area contributed by atoms with Gasteiger partial charge in [0.1, 0.15) is 17.2 Å². The van der Waals surface area contributed by atoms with Crippen molar-refractivity contribution in [2.75, 3.05) is 14.2 Å². The van der Waals surface area contributed by atoms with Gasteiger partial charge >= 0.3 is 5.97 Å². The number of ether oxygens (including phenoxy) is 3. The van der Waals surface area contributed by atoms with Crippen LogP contribution in [0.4, 0.5) is 0 Å². The third-order valence-corrected chi connectivity index (χ3v) is 4.20. The Morgan fingerprint density at radius 3 is 1.79 bits per heavy atom. The minimum atomic E-state index is -0.511. The zero-order valence-corrected chi connectivity index (χ0v) is 15.7. The molecule has 0 aliphatic heterocycles. The second kappa shape index (κ2) is 7.92. The Hall–Kier alpha value is -3.67. The monoisotopic (exact) mass is 380 g/mol. The van der Waals surface area contributed by atoms with Gasteiger partial charge in [-0.25, -0.2) is 0 Å². The van der Waals surface area contributed by atoms with E-state index in [4.69, 9.17) is 14.2 Å². The second-order valence-electron chi connectivity index (χ2n) is 6.05. The number of carbonyl (C=O) groups excluding carboxylic acids is 1. The van der Waals surface area contributed by atoms with Gasteiger partial charge in [-0.3, -0.25) is 4.79 Å². The van der Waals surface area contributed by atoms with Crippen LogP contribution in [0.2, 0.25) is 0 Å². The largest absolute Gasteiger partial charge is 0.508 e. The molecule has 0 saturated carbocycles. The van der Waals surface area contributed by atoms with Crippen molar-refractivity contribution in [3.05, 3.63) is 54.6 Å². The number of carbonyl (C=O) groups is 1. The summed E-state index contributed by atoms with van der Waals surface area (Å²) < 4.78 is 16.7. The Kier molecular flexibility index (Phi) is 5.40. The summed E-state index contributed by atoms with van der Waals surface area (Å²) in [5.74, 6) is 0.766. The number of phenols is 2. The average molecular weight is 380 g/mol.